The number of nitrogens with zero attached hydrogens (tertiary/aromatic N) is 4. The van der Waals surface area contributed by atoms with Gasteiger partial charge in [0.2, 0.25) is 5.91 Å². The zero-order chi connectivity index (χ0) is 17.6. The van der Waals surface area contributed by atoms with Crippen molar-refractivity contribution in [2.75, 3.05) is 13.1 Å². The Hall–Kier alpha value is -2.21. The fourth-order valence-corrected chi connectivity index (χ4v) is 3.47. The molecule has 6 heteroatoms. The summed E-state index contributed by atoms with van der Waals surface area (Å²) in [7, 11) is 0. The highest BCUT2D eigenvalue weighted by Gasteiger charge is 2.25. The molecule has 0 aliphatic carbocycles. The van der Waals surface area contributed by atoms with E-state index in [1.807, 2.05) is 25.1 Å². The number of aromatic nitrogens is 3. The van der Waals surface area contributed by atoms with E-state index in [9.17, 15) is 4.79 Å². The first-order valence-corrected chi connectivity index (χ1v) is 9.03. The molecule has 0 aromatic carbocycles. The van der Waals surface area contributed by atoms with Crippen molar-refractivity contribution in [3.05, 3.63) is 47.5 Å². The van der Waals surface area contributed by atoms with Crippen LogP contribution in [0.5, 0.6) is 0 Å². The third-order valence-corrected chi connectivity index (χ3v) is 4.78. The van der Waals surface area contributed by atoms with E-state index in [2.05, 4.69) is 38.0 Å². The summed E-state index contributed by atoms with van der Waals surface area (Å²) in [4.78, 5) is 18.9. The summed E-state index contributed by atoms with van der Waals surface area (Å²) in [5.74, 6) is 0.0610. The molecule has 3 rings (SSSR count). The number of carbonyl (C=O) groups is 1. The lowest BCUT2D eigenvalue weighted by molar-refractivity contribution is -0.123. The number of rotatable bonds is 6. The van der Waals surface area contributed by atoms with Crippen LogP contribution in [0.4, 0.5) is 0 Å². The van der Waals surface area contributed by atoms with Crippen molar-refractivity contribution in [2.24, 2.45) is 0 Å². The van der Waals surface area contributed by atoms with Crippen LogP contribution < -0.4 is 5.32 Å². The third kappa shape index (κ3) is 4.89. The van der Waals surface area contributed by atoms with Gasteiger partial charge in [0.05, 0.1) is 31.0 Å². The average Bonchev–Trinajstić information content (AvgIpc) is 2.93. The second-order valence-electron chi connectivity index (χ2n) is 6.83. The molecule has 0 spiro atoms. The summed E-state index contributed by atoms with van der Waals surface area (Å²) in [6, 6.07) is 8.21. The van der Waals surface area contributed by atoms with Gasteiger partial charge in [-0.15, -0.1) is 0 Å². The Morgan fingerprint density at radius 1 is 1.32 bits per heavy atom. The maximum Gasteiger partial charge on any atom is 0.234 e. The minimum Gasteiger partial charge on any atom is -0.349 e. The molecule has 0 saturated carbocycles. The second-order valence-corrected chi connectivity index (χ2v) is 6.83. The molecule has 2 aromatic heterocycles. The monoisotopic (exact) mass is 341 g/mol. The van der Waals surface area contributed by atoms with Crippen LogP contribution in [-0.2, 0) is 17.9 Å². The molecule has 1 aliphatic rings. The molecule has 1 aliphatic heterocycles. The number of aryl methyl sites for hydroxylation is 2. The predicted octanol–water partition coefficient (Wildman–Crippen LogP) is 2.07. The molecule has 3 heterocycles. The smallest absolute Gasteiger partial charge is 0.234 e. The van der Waals surface area contributed by atoms with Crippen molar-refractivity contribution in [1.82, 2.24) is 25.0 Å². The summed E-state index contributed by atoms with van der Waals surface area (Å²) in [6.45, 7) is 6.86. The molecule has 0 bridgehead atoms. The predicted molar refractivity (Wildman–Crippen MR) is 97.0 cm³/mol. The number of pyridine rings is 1. The van der Waals surface area contributed by atoms with Crippen LogP contribution in [0.1, 0.15) is 36.3 Å². The number of carbonyl (C=O) groups excluding carboxylic acids is 1. The van der Waals surface area contributed by atoms with Crippen LogP contribution in [0.3, 0.4) is 0 Å². The van der Waals surface area contributed by atoms with Crippen LogP contribution in [0, 0.1) is 13.8 Å². The SMILES string of the molecule is Cc1cc(C)n(C[C@@H]2CCCCN2CC(=O)NCc2ccccn2)n1. The van der Waals surface area contributed by atoms with Crippen LogP contribution in [-0.4, -0.2) is 44.7 Å². The van der Waals surface area contributed by atoms with Gasteiger partial charge in [-0.05, 0) is 51.4 Å². The van der Waals surface area contributed by atoms with Crippen molar-refractivity contribution >= 4 is 5.91 Å². The van der Waals surface area contributed by atoms with E-state index in [1.54, 1.807) is 6.20 Å². The van der Waals surface area contributed by atoms with E-state index in [0.29, 0.717) is 19.1 Å². The molecule has 134 valence electrons. The molecule has 0 unspecified atom stereocenters. The van der Waals surface area contributed by atoms with E-state index in [0.717, 1.165) is 37.3 Å². The van der Waals surface area contributed by atoms with Crippen molar-refractivity contribution in [3.8, 4) is 0 Å². The van der Waals surface area contributed by atoms with Gasteiger partial charge in [-0.25, -0.2) is 0 Å². The number of likely N-dealkylation sites (tertiary alicyclic amines) is 1. The van der Waals surface area contributed by atoms with Crippen molar-refractivity contribution in [2.45, 2.75) is 52.2 Å². The molecule has 0 radical (unpaired) electrons. The molecule has 6 nitrogen and oxygen atoms in total. The van der Waals surface area contributed by atoms with E-state index < -0.39 is 0 Å². The highest BCUT2D eigenvalue weighted by molar-refractivity contribution is 5.78. The zero-order valence-electron chi connectivity index (χ0n) is 15.1. The van der Waals surface area contributed by atoms with Crippen molar-refractivity contribution < 1.29 is 4.79 Å². The van der Waals surface area contributed by atoms with Crippen LogP contribution >= 0.6 is 0 Å². The van der Waals surface area contributed by atoms with Gasteiger partial charge in [0.15, 0.2) is 0 Å². The summed E-state index contributed by atoms with van der Waals surface area (Å²) >= 11 is 0. The average molecular weight is 341 g/mol. The first-order chi connectivity index (χ1) is 12.1. The number of hydrogen-bond donors (Lipinski definition) is 1. The van der Waals surface area contributed by atoms with Gasteiger partial charge in [0, 0.05) is 17.9 Å². The fourth-order valence-electron chi connectivity index (χ4n) is 3.47. The van der Waals surface area contributed by atoms with Gasteiger partial charge in [0.1, 0.15) is 0 Å². The number of piperidine rings is 1. The lowest BCUT2D eigenvalue weighted by Crippen LogP contribution is -2.47. The zero-order valence-corrected chi connectivity index (χ0v) is 15.1. The van der Waals surface area contributed by atoms with Gasteiger partial charge in [-0.2, -0.15) is 5.10 Å². The second kappa shape index (κ2) is 8.25. The summed E-state index contributed by atoms with van der Waals surface area (Å²) < 4.78 is 2.07. The molecule has 2 aromatic rings. The van der Waals surface area contributed by atoms with Crippen LogP contribution in [0.25, 0.3) is 0 Å². The number of amides is 1. The van der Waals surface area contributed by atoms with E-state index in [-0.39, 0.29) is 5.91 Å². The minimum atomic E-state index is 0.0610. The molecule has 25 heavy (non-hydrogen) atoms. The first kappa shape index (κ1) is 17.6. The maximum atomic E-state index is 12.4. The normalized spacial score (nSPS) is 18.2. The Morgan fingerprint density at radius 2 is 2.20 bits per heavy atom. The molecule has 1 amide bonds. The molecule has 1 fully saturated rings. The minimum absolute atomic E-state index is 0.0610. The lowest BCUT2D eigenvalue weighted by atomic mass is 10.0. The number of hydrogen-bond acceptors (Lipinski definition) is 4. The van der Waals surface area contributed by atoms with E-state index in [1.165, 1.54) is 12.1 Å². The largest absolute Gasteiger partial charge is 0.349 e. The van der Waals surface area contributed by atoms with Gasteiger partial charge in [-0.3, -0.25) is 19.4 Å². The molecule has 1 atom stereocenters. The summed E-state index contributed by atoms with van der Waals surface area (Å²) in [5.41, 5.74) is 3.12. The third-order valence-electron chi connectivity index (χ3n) is 4.78. The van der Waals surface area contributed by atoms with Crippen LogP contribution in [0.15, 0.2) is 30.5 Å². The Kier molecular flexibility index (Phi) is 5.81. The fraction of sp³-hybridized carbons (Fsp3) is 0.526. The maximum absolute atomic E-state index is 12.4. The molecule has 1 saturated heterocycles. The Labute approximate surface area is 149 Å². The highest BCUT2D eigenvalue weighted by atomic mass is 16.2. The molecular formula is C19H27N5O. The Bertz CT molecular complexity index is 697. The highest BCUT2D eigenvalue weighted by Crippen LogP contribution is 2.19. The molecule has 1 N–H and O–H groups in total. The summed E-state index contributed by atoms with van der Waals surface area (Å²) in [5, 5.41) is 7.56. The van der Waals surface area contributed by atoms with Crippen molar-refractivity contribution in [1.29, 1.82) is 0 Å². The Morgan fingerprint density at radius 3 is 2.92 bits per heavy atom. The molecular weight excluding hydrogens is 314 g/mol. The van der Waals surface area contributed by atoms with Crippen LogP contribution in [0.2, 0.25) is 0 Å². The van der Waals surface area contributed by atoms with Gasteiger partial charge >= 0.3 is 0 Å². The standard InChI is InChI=1S/C19H27N5O/c1-15-11-16(2)24(22-15)13-18-8-4-6-10-23(18)14-19(25)21-12-17-7-3-5-9-20-17/h3,5,7,9,11,18H,4,6,8,10,12-14H2,1-2H3,(H,21,25)/t18-/m0/s1. The van der Waals surface area contributed by atoms with Gasteiger partial charge in [0.25, 0.3) is 0 Å². The van der Waals surface area contributed by atoms with E-state index in [4.69, 9.17) is 0 Å². The quantitative estimate of drug-likeness (QED) is 0.874. The lowest BCUT2D eigenvalue weighted by Gasteiger charge is -2.35. The van der Waals surface area contributed by atoms with Crippen molar-refractivity contribution in [3.63, 3.8) is 0 Å². The number of nitrogens with one attached hydrogen (secondary N) is 1. The van der Waals surface area contributed by atoms with E-state index >= 15 is 0 Å². The first-order valence-electron chi connectivity index (χ1n) is 9.03. The summed E-state index contributed by atoms with van der Waals surface area (Å²) in [6.07, 6.45) is 5.24. The van der Waals surface area contributed by atoms with Gasteiger partial charge < -0.3 is 5.32 Å². The topological polar surface area (TPSA) is 63.1 Å². The Balaban J connectivity index is 1.55. The van der Waals surface area contributed by atoms with Gasteiger partial charge in [-0.1, -0.05) is 12.5 Å².